The van der Waals surface area contributed by atoms with Crippen LogP contribution in [0, 0.1) is 17.8 Å². The van der Waals surface area contributed by atoms with E-state index >= 15 is 0 Å². The van der Waals surface area contributed by atoms with Gasteiger partial charge in [0.1, 0.15) is 5.75 Å². The lowest BCUT2D eigenvalue weighted by Gasteiger charge is -2.38. The molecule has 1 nitrogen and oxygen atoms in total. The molecule has 1 aromatic rings. The molecule has 0 atom stereocenters. The van der Waals surface area contributed by atoms with E-state index in [9.17, 15) is 8.78 Å². The quantitative estimate of drug-likeness (QED) is 0.353. The second-order valence-corrected chi connectivity index (χ2v) is 9.54. The third kappa shape index (κ3) is 7.26. The molecule has 2 aliphatic carbocycles. The molecule has 164 valence electrons. The van der Waals surface area contributed by atoms with Crippen molar-refractivity contribution in [2.45, 2.75) is 109 Å². The van der Waals surface area contributed by atoms with Crippen LogP contribution in [0.2, 0.25) is 0 Å². The van der Waals surface area contributed by atoms with Gasteiger partial charge in [-0.1, -0.05) is 70.4 Å². The van der Waals surface area contributed by atoms with Crippen molar-refractivity contribution < 1.29 is 13.5 Å². The van der Waals surface area contributed by atoms with Gasteiger partial charge < -0.3 is 4.74 Å². The Balaban J connectivity index is 1.35. The van der Waals surface area contributed by atoms with Gasteiger partial charge in [-0.2, -0.15) is 8.78 Å². The van der Waals surface area contributed by atoms with Crippen molar-refractivity contribution in [3.63, 3.8) is 0 Å². The summed E-state index contributed by atoms with van der Waals surface area (Å²) < 4.78 is 29.1. The molecule has 1 aromatic carbocycles. The van der Waals surface area contributed by atoms with Crippen molar-refractivity contribution in [1.29, 1.82) is 0 Å². The highest BCUT2D eigenvalue weighted by molar-refractivity contribution is 5.29. The third-order valence-electron chi connectivity index (χ3n) is 7.62. The van der Waals surface area contributed by atoms with Gasteiger partial charge >= 0.3 is 6.61 Å². The Kier molecular flexibility index (Phi) is 9.27. The molecule has 0 aromatic heterocycles. The lowest BCUT2D eigenvalue weighted by atomic mass is 9.68. The van der Waals surface area contributed by atoms with Gasteiger partial charge in [0.2, 0.25) is 0 Å². The minimum Gasteiger partial charge on any atom is -0.435 e. The maximum absolute atomic E-state index is 12.3. The normalized spacial score (nSPS) is 27.9. The van der Waals surface area contributed by atoms with Crippen LogP contribution >= 0.6 is 0 Å². The smallest absolute Gasteiger partial charge is 0.387 e. The topological polar surface area (TPSA) is 9.23 Å². The highest BCUT2D eigenvalue weighted by Crippen LogP contribution is 2.44. The molecule has 0 heterocycles. The average molecular weight is 407 g/mol. The Morgan fingerprint density at radius 2 is 1.38 bits per heavy atom. The molecule has 2 aliphatic rings. The number of benzene rings is 1. The summed E-state index contributed by atoms with van der Waals surface area (Å²) in [4.78, 5) is 0. The molecule has 0 aliphatic heterocycles. The molecule has 0 spiro atoms. The lowest BCUT2D eigenvalue weighted by molar-refractivity contribution is -0.0498. The van der Waals surface area contributed by atoms with Crippen LogP contribution in [0.1, 0.15) is 108 Å². The SMILES string of the molecule is CCCCCCCC1CCC(C2CCC(c3ccc(OC(F)F)cc3)CC2)CC1. The van der Waals surface area contributed by atoms with Gasteiger partial charge in [-0.15, -0.1) is 0 Å². The molecule has 29 heavy (non-hydrogen) atoms. The summed E-state index contributed by atoms with van der Waals surface area (Å²) >= 11 is 0. The number of halogens is 2. The van der Waals surface area contributed by atoms with E-state index < -0.39 is 6.61 Å². The van der Waals surface area contributed by atoms with Crippen LogP contribution in [0.15, 0.2) is 24.3 Å². The first-order valence-corrected chi connectivity index (χ1v) is 12.2. The van der Waals surface area contributed by atoms with Crippen molar-refractivity contribution in [2.75, 3.05) is 0 Å². The summed E-state index contributed by atoms with van der Waals surface area (Å²) in [5.41, 5.74) is 1.29. The first-order chi connectivity index (χ1) is 14.2. The maximum Gasteiger partial charge on any atom is 0.387 e. The maximum atomic E-state index is 12.3. The summed E-state index contributed by atoms with van der Waals surface area (Å²) in [6.45, 7) is -0.455. The van der Waals surface area contributed by atoms with Crippen LogP contribution < -0.4 is 4.74 Å². The van der Waals surface area contributed by atoms with Gasteiger partial charge in [0.15, 0.2) is 0 Å². The van der Waals surface area contributed by atoms with E-state index in [1.807, 2.05) is 12.1 Å². The molecular weight excluding hydrogens is 366 g/mol. The number of ether oxygens (including phenoxy) is 1. The first kappa shape index (κ1) is 22.6. The standard InChI is InChI=1S/C26H40F2O/c1-2-3-4-5-6-7-20-8-10-21(11-9-20)22-12-14-23(15-13-22)24-16-18-25(19-17-24)29-26(27)28/h16-23,26H,2-15H2,1H3. The molecule has 0 bridgehead atoms. The summed E-state index contributed by atoms with van der Waals surface area (Å²) in [6, 6.07) is 7.34. The van der Waals surface area contributed by atoms with E-state index in [2.05, 4.69) is 11.7 Å². The van der Waals surface area contributed by atoms with Crippen molar-refractivity contribution in [2.24, 2.45) is 17.8 Å². The van der Waals surface area contributed by atoms with Crippen molar-refractivity contribution in [3.8, 4) is 5.75 Å². The van der Waals surface area contributed by atoms with Crippen LogP contribution in [0.4, 0.5) is 8.78 Å². The van der Waals surface area contributed by atoms with E-state index in [1.165, 1.54) is 95.5 Å². The molecule has 0 saturated heterocycles. The molecular formula is C26H40F2O. The monoisotopic (exact) mass is 406 g/mol. The Labute approximate surface area is 176 Å². The lowest BCUT2D eigenvalue weighted by Crippen LogP contribution is -2.25. The van der Waals surface area contributed by atoms with Gasteiger partial charge in [0.25, 0.3) is 0 Å². The zero-order valence-corrected chi connectivity index (χ0v) is 18.3. The zero-order chi connectivity index (χ0) is 20.5. The van der Waals surface area contributed by atoms with E-state index in [1.54, 1.807) is 12.1 Å². The Bertz CT molecular complexity index is 555. The molecule has 3 rings (SSSR count). The van der Waals surface area contributed by atoms with Gasteiger partial charge in [0, 0.05) is 0 Å². The van der Waals surface area contributed by atoms with Gasteiger partial charge in [-0.05, 0) is 79.9 Å². The van der Waals surface area contributed by atoms with E-state index in [-0.39, 0.29) is 5.75 Å². The second-order valence-electron chi connectivity index (χ2n) is 9.54. The molecule has 0 amide bonds. The highest BCUT2D eigenvalue weighted by Gasteiger charge is 2.31. The zero-order valence-electron chi connectivity index (χ0n) is 18.3. The predicted octanol–water partition coefficient (Wildman–Crippen LogP) is 8.73. The highest BCUT2D eigenvalue weighted by atomic mass is 19.3. The number of hydrogen-bond donors (Lipinski definition) is 0. The minimum atomic E-state index is -2.74. The van der Waals surface area contributed by atoms with Crippen molar-refractivity contribution in [3.05, 3.63) is 29.8 Å². The molecule has 0 radical (unpaired) electrons. The Hall–Kier alpha value is -1.12. The van der Waals surface area contributed by atoms with Gasteiger partial charge in [-0.3, -0.25) is 0 Å². The van der Waals surface area contributed by atoms with Crippen molar-refractivity contribution in [1.82, 2.24) is 0 Å². The summed E-state index contributed by atoms with van der Waals surface area (Å²) in [6.07, 6.45) is 19.5. The molecule has 3 heteroatoms. The van der Waals surface area contributed by atoms with Crippen LogP contribution in [-0.4, -0.2) is 6.61 Å². The summed E-state index contributed by atoms with van der Waals surface area (Å²) in [5.74, 6) is 3.72. The summed E-state index contributed by atoms with van der Waals surface area (Å²) in [5, 5.41) is 0. The third-order valence-corrected chi connectivity index (χ3v) is 7.62. The fourth-order valence-corrected chi connectivity index (χ4v) is 5.83. The first-order valence-electron chi connectivity index (χ1n) is 12.2. The minimum absolute atomic E-state index is 0.263. The molecule has 2 fully saturated rings. The van der Waals surface area contributed by atoms with Crippen LogP contribution in [0.3, 0.4) is 0 Å². The van der Waals surface area contributed by atoms with Gasteiger partial charge in [-0.25, -0.2) is 0 Å². The Morgan fingerprint density at radius 1 is 0.793 bits per heavy atom. The fourth-order valence-electron chi connectivity index (χ4n) is 5.83. The number of hydrogen-bond acceptors (Lipinski definition) is 1. The van der Waals surface area contributed by atoms with Crippen LogP contribution in [0.5, 0.6) is 5.75 Å². The molecule has 0 unspecified atom stereocenters. The molecule has 0 N–H and O–H groups in total. The predicted molar refractivity (Wildman–Crippen MR) is 117 cm³/mol. The fraction of sp³-hybridized carbons (Fsp3) is 0.769. The van der Waals surface area contributed by atoms with Crippen LogP contribution in [-0.2, 0) is 0 Å². The van der Waals surface area contributed by atoms with E-state index in [0.717, 1.165) is 17.8 Å². The average Bonchev–Trinajstić information content (AvgIpc) is 2.74. The largest absolute Gasteiger partial charge is 0.435 e. The van der Waals surface area contributed by atoms with E-state index in [0.29, 0.717) is 5.92 Å². The summed E-state index contributed by atoms with van der Waals surface area (Å²) in [7, 11) is 0. The van der Waals surface area contributed by atoms with Crippen molar-refractivity contribution >= 4 is 0 Å². The number of alkyl halides is 2. The van der Waals surface area contributed by atoms with Gasteiger partial charge in [0.05, 0.1) is 0 Å². The van der Waals surface area contributed by atoms with E-state index in [4.69, 9.17) is 0 Å². The number of unbranched alkanes of at least 4 members (excludes halogenated alkanes) is 4. The number of rotatable bonds is 10. The Morgan fingerprint density at radius 3 is 1.97 bits per heavy atom. The molecule has 2 saturated carbocycles. The van der Waals surface area contributed by atoms with Crippen LogP contribution in [0.25, 0.3) is 0 Å². The second kappa shape index (κ2) is 11.9.